The second-order valence-electron chi connectivity index (χ2n) is 6.60. The predicted octanol–water partition coefficient (Wildman–Crippen LogP) is 1.46. The first kappa shape index (κ1) is 18.9. The zero-order chi connectivity index (χ0) is 18.9. The fourth-order valence-electron chi connectivity index (χ4n) is 3.09. The van der Waals surface area contributed by atoms with Crippen LogP contribution >= 0.6 is 11.8 Å². The summed E-state index contributed by atoms with van der Waals surface area (Å²) < 4.78 is 24.0. The fraction of sp³-hybridized carbons (Fsp3) is 0.471. The van der Waals surface area contributed by atoms with Crippen LogP contribution in [-0.2, 0) is 26.0 Å². The van der Waals surface area contributed by atoms with Gasteiger partial charge in [-0.1, -0.05) is 41.6 Å². The van der Waals surface area contributed by atoms with E-state index in [-0.39, 0.29) is 35.6 Å². The van der Waals surface area contributed by atoms with Gasteiger partial charge in [0.15, 0.2) is 15.0 Å². The molecule has 7 nitrogen and oxygen atoms in total. The van der Waals surface area contributed by atoms with Crippen molar-refractivity contribution in [3.05, 3.63) is 35.4 Å². The second-order valence-corrected chi connectivity index (χ2v) is 9.96. The van der Waals surface area contributed by atoms with Gasteiger partial charge in [-0.05, 0) is 12.5 Å². The number of amides is 1. The van der Waals surface area contributed by atoms with Crippen LogP contribution in [0.3, 0.4) is 0 Å². The summed E-state index contributed by atoms with van der Waals surface area (Å²) in [4.78, 5) is 28.6. The quantitative estimate of drug-likeness (QED) is 0.803. The molecule has 1 aromatic carbocycles. The van der Waals surface area contributed by atoms with Crippen molar-refractivity contribution in [1.29, 1.82) is 0 Å². The molecule has 2 atom stereocenters. The highest BCUT2D eigenvalue weighted by Crippen LogP contribution is 2.39. The number of sulfone groups is 1. The van der Waals surface area contributed by atoms with Crippen LogP contribution in [0, 0.1) is 6.92 Å². The molecule has 0 spiro atoms. The lowest BCUT2D eigenvalue weighted by molar-refractivity contribution is -0.138. The van der Waals surface area contributed by atoms with Gasteiger partial charge in [-0.15, -0.1) is 0 Å². The summed E-state index contributed by atoms with van der Waals surface area (Å²) in [6.07, 6.45) is -0.426. The Morgan fingerprint density at radius 3 is 2.58 bits per heavy atom. The number of thioether (sulfide) groups is 1. The van der Waals surface area contributed by atoms with Crippen molar-refractivity contribution in [2.75, 3.05) is 11.5 Å². The number of benzene rings is 1. The molecule has 0 aromatic heterocycles. The number of aliphatic carboxylic acids is 1. The Hall–Kier alpha value is -1.87. The van der Waals surface area contributed by atoms with Gasteiger partial charge in [-0.25, -0.2) is 8.42 Å². The standard InChI is InChI=1S/C17H20N2O5S2/c1-11-2-4-12(5-3-11)8-19-13-9-26(23,24)10-14(13)25-17(19)18-15(20)6-7-16(21)22/h2-5,13-14H,6-10H2,1H3,(H,21,22)/t13-,14+/m0/s1. The summed E-state index contributed by atoms with van der Waals surface area (Å²) >= 11 is 1.31. The van der Waals surface area contributed by atoms with Crippen LogP contribution < -0.4 is 0 Å². The lowest BCUT2D eigenvalue weighted by atomic mass is 10.1. The number of aryl methyl sites for hydroxylation is 1. The van der Waals surface area contributed by atoms with Gasteiger partial charge in [0.2, 0.25) is 5.91 Å². The molecular weight excluding hydrogens is 376 g/mol. The smallest absolute Gasteiger partial charge is 0.303 e. The molecule has 1 N–H and O–H groups in total. The summed E-state index contributed by atoms with van der Waals surface area (Å²) in [5, 5.41) is 9.05. The fourth-order valence-corrected chi connectivity index (χ4v) is 7.06. The van der Waals surface area contributed by atoms with Gasteiger partial charge in [0, 0.05) is 18.2 Å². The van der Waals surface area contributed by atoms with Crippen LogP contribution in [0.5, 0.6) is 0 Å². The number of carboxylic acid groups (broad SMARTS) is 1. The topological polar surface area (TPSA) is 104 Å². The molecule has 0 bridgehead atoms. The molecule has 0 unspecified atom stereocenters. The third-order valence-corrected chi connectivity index (χ3v) is 7.67. The molecule has 9 heteroatoms. The zero-order valence-electron chi connectivity index (χ0n) is 14.3. The number of carbonyl (C=O) groups excluding carboxylic acids is 1. The van der Waals surface area contributed by atoms with Crippen molar-refractivity contribution in [3.63, 3.8) is 0 Å². The number of hydrogen-bond acceptors (Lipinski definition) is 5. The lowest BCUT2D eigenvalue weighted by Gasteiger charge is -2.24. The summed E-state index contributed by atoms with van der Waals surface area (Å²) in [6.45, 7) is 2.46. The molecule has 1 amide bonds. The molecule has 0 radical (unpaired) electrons. The van der Waals surface area contributed by atoms with Crippen molar-refractivity contribution in [1.82, 2.24) is 4.90 Å². The van der Waals surface area contributed by atoms with Gasteiger partial charge in [0.1, 0.15) is 0 Å². The summed E-state index contributed by atoms with van der Waals surface area (Å²) in [5.74, 6) is -1.41. The first-order valence-electron chi connectivity index (χ1n) is 8.26. The first-order chi connectivity index (χ1) is 12.2. The minimum absolute atomic E-state index is 0.0544. The molecule has 3 rings (SSSR count). The van der Waals surface area contributed by atoms with Gasteiger partial charge in [0.25, 0.3) is 0 Å². The maximum Gasteiger partial charge on any atom is 0.303 e. The van der Waals surface area contributed by atoms with Crippen molar-refractivity contribution >= 4 is 38.6 Å². The number of carboxylic acids is 1. The van der Waals surface area contributed by atoms with Gasteiger partial charge in [-0.3, -0.25) is 9.59 Å². The number of carbonyl (C=O) groups is 2. The van der Waals surface area contributed by atoms with E-state index in [0.717, 1.165) is 11.1 Å². The molecule has 2 aliphatic heterocycles. The number of hydrogen-bond donors (Lipinski definition) is 1. The third-order valence-electron chi connectivity index (χ3n) is 4.42. The molecule has 26 heavy (non-hydrogen) atoms. The van der Waals surface area contributed by atoms with Gasteiger partial charge < -0.3 is 10.0 Å². The summed E-state index contributed by atoms with van der Waals surface area (Å²) in [6, 6.07) is 7.70. The Morgan fingerprint density at radius 2 is 1.92 bits per heavy atom. The minimum Gasteiger partial charge on any atom is -0.481 e. The molecule has 2 fully saturated rings. The number of fused-ring (bicyclic) bond motifs is 1. The van der Waals surface area contributed by atoms with E-state index in [2.05, 4.69) is 4.99 Å². The Labute approximate surface area is 156 Å². The van der Waals surface area contributed by atoms with Crippen LogP contribution in [0.1, 0.15) is 24.0 Å². The number of amidine groups is 1. The number of rotatable bonds is 5. The SMILES string of the molecule is Cc1ccc(CN2C(=NC(=O)CCC(=O)O)S[C@@H]3CS(=O)(=O)C[C@@H]32)cc1. The molecular formula is C17H20N2O5S2. The van der Waals surface area contributed by atoms with Crippen LogP contribution in [-0.4, -0.2) is 58.3 Å². The minimum atomic E-state index is -3.09. The van der Waals surface area contributed by atoms with Crippen molar-refractivity contribution in [2.45, 2.75) is 37.6 Å². The van der Waals surface area contributed by atoms with Gasteiger partial charge in [0.05, 0.1) is 24.0 Å². The van der Waals surface area contributed by atoms with Crippen LogP contribution in [0.25, 0.3) is 0 Å². The summed E-state index contributed by atoms with van der Waals surface area (Å²) in [5.41, 5.74) is 2.13. The van der Waals surface area contributed by atoms with Crippen LogP contribution in [0.4, 0.5) is 0 Å². The first-order valence-corrected chi connectivity index (χ1v) is 11.0. The van der Waals surface area contributed by atoms with Crippen molar-refractivity contribution in [3.8, 4) is 0 Å². The maximum atomic E-state index is 12.0. The average molecular weight is 396 g/mol. The van der Waals surface area contributed by atoms with E-state index in [4.69, 9.17) is 5.11 Å². The lowest BCUT2D eigenvalue weighted by Crippen LogP contribution is -2.37. The zero-order valence-corrected chi connectivity index (χ0v) is 15.9. The average Bonchev–Trinajstić information content (AvgIpc) is 3.00. The van der Waals surface area contributed by atoms with E-state index in [0.29, 0.717) is 11.7 Å². The van der Waals surface area contributed by atoms with E-state index in [1.807, 2.05) is 36.1 Å². The van der Waals surface area contributed by atoms with E-state index in [1.54, 1.807) is 0 Å². The van der Waals surface area contributed by atoms with E-state index in [1.165, 1.54) is 11.8 Å². The van der Waals surface area contributed by atoms with Crippen LogP contribution in [0.15, 0.2) is 29.3 Å². The summed E-state index contributed by atoms with van der Waals surface area (Å²) in [7, 11) is -3.09. The van der Waals surface area contributed by atoms with Gasteiger partial charge in [-0.2, -0.15) is 4.99 Å². The Morgan fingerprint density at radius 1 is 1.23 bits per heavy atom. The number of aliphatic imine (C=N–C) groups is 1. The van der Waals surface area contributed by atoms with Crippen molar-refractivity contribution < 1.29 is 23.1 Å². The van der Waals surface area contributed by atoms with E-state index < -0.39 is 21.7 Å². The Balaban J connectivity index is 1.82. The largest absolute Gasteiger partial charge is 0.481 e. The van der Waals surface area contributed by atoms with E-state index >= 15 is 0 Å². The molecule has 0 saturated carbocycles. The molecule has 2 saturated heterocycles. The molecule has 2 aliphatic rings. The highest BCUT2D eigenvalue weighted by atomic mass is 32.2. The Kier molecular flexibility index (Phi) is 5.38. The van der Waals surface area contributed by atoms with E-state index in [9.17, 15) is 18.0 Å². The van der Waals surface area contributed by atoms with Crippen LogP contribution in [0.2, 0.25) is 0 Å². The highest BCUT2D eigenvalue weighted by Gasteiger charge is 2.48. The van der Waals surface area contributed by atoms with Crippen molar-refractivity contribution in [2.24, 2.45) is 4.99 Å². The normalized spacial score (nSPS) is 25.4. The molecule has 2 heterocycles. The maximum absolute atomic E-state index is 12.0. The monoisotopic (exact) mass is 396 g/mol. The molecule has 0 aliphatic carbocycles. The van der Waals surface area contributed by atoms with Gasteiger partial charge >= 0.3 is 5.97 Å². The number of nitrogens with zero attached hydrogens (tertiary/aromatic N) is 2. The predicted molar refractivity (Wildman–Crippen MR) is 99.9 cm³/mol. The third kappa shape index (κ3) is 4.45. The highest BCUT2D eigenvalue weighted by molar-refractivity contribution is 8.15. The molecule has 1 aromatic rings. The molecule has 140 valence electrons. The second kappa shape index (κ2) is 7.40. The Bertz CT molecular complexity index is 848.